The molecule has 0 unspecified atom stereocenters. The lowest BCUT2D eigenvalue weighted by atomic mass is 9.78. The predicted octanol–water partition coefficient (Wildman–Crippen LogP) is 2.32. The number of nitrogen functional groups attached to an aromatic ring is 1. The van der Waals surface area contributed by atoms with Gasteiger partial charge in [0, 0.05) is 12.6 Å². The molecule has 0 radical (unpaired) electrons. The summed E-state index contributed by atoms with van der Waals surface area (Å²) in [5, 5.41) is 24.4. The van der Waals surface area contributed by atoms with E-state index in [0.717, 1.165) is 19.3 Å². The van der Waals surface area contributed by atoms with E-state index in [9.17, 15) is 15.2 Å². The van der Waals surface area contributed by atoms with E-state index in [1.165, 1.54) is 12.1 Å². The van der Waals surface area contributed by atoms with Gasteiger partial charge in [0.1, 0.15) is 5.82 Å². The molecule has 0 spiro atoms. The highest BCUT2D eigenvalue weighted by molar-refractivity contribution is 5.59. The average molecular weight is 294 g/mol. The fraction of sp³-hybridized carbons (Fsp3) is 0.643. The van der Waals surface area contributed by atoms with Crippen molar-refractivity contribution < 1.29 is 10.0 Å². The third-order valence-corrected chi connectivity index (χ3v) is 4.29. The van der Waals surface area contributed by atoms with Crippen LogP contribution in [-0.4, -0.2) is 27.2 Å². The van der Waals surface area contributed by atoms with Crippen LogP contribution in [0.4, 0.5) is 17.3 Å². The molecule has 1 aromatic heterocycles. The summed E-state index contributed by atoms with van der Waals surface area (Å²) in [7, 11) is 0. The average Bonchev–Trinajstić information content (AvgIpc) is 2.46. The summed E-state index contributed by atoms with van der Waals surface area (Å²) in [5.74, 6) is 1.00. The van der Waals surface area contributed by atoms with Crippen LogP contribution in [0.15, 0.2) is 12.1 Å². The van der Waals surface area contributed by atoms with Crippen LogP contribution in [0.3, 0.4) is 0 Å². The van der Waals surface area contributed by atoms with E-state index in [4.69, 9.17) is 5.73 Å². The van der Waals surface area contributed by atoms with Gasteiger partial charge in [-0.2, -0.15) is 0 Å². The summed E-state index contributed by atoms with van der Waals surface area (Å²) in [6.45, 7) is 2.41. The quantitative estimate of drug-likeness (QED) is 0.567. The second kappa shape index (κ2) is 6.26. The molecule has 1 aliphatic carbocycles. The van der Waals surface area contributed by atoms with Crippen LogP contribution in [0.1, 0.15) is 39.0 Å². The number of rotatable bonds is 5. The maximum Gasteiger partial charge on any atom is 0.311 e. The van der Waals surface area contributed by atoms with Crippen molar-refractivity contribution in [2.24, 2.45) is 5.92 Å². The van der Waals surface area contributed by atoms with Gasteiger partial charge in [-0.25, -0.2) is 4.98 Å². The Morgan fingerprint density at radius 3 is 2.76 bits per heavy atom. The molecule has 116 valence electrons. The van der Waals surface area contributed by atoms with Crippen LogP contribution in [-0.2, 0) is 0 Å². The predicted molar refractivity (Wildman–Crippen MR) is 81.0 cm³/mol. The van der Waals surface area contributed by atoms with Crippen molar-refractivity contribution in [1.29, 1.82) is 0 Å². The first kappa shape index (κ1) is 15.5. The first-order valence-corrected chi connectivity index (χ1v) is 7.30. The molecule has 0 atom stereocenters. The standard InChI is InChI=1S/C14H22N4O3/c1-2-10-5-7-14(19,8-6-10)9-16-13-11(18(20)21)3-4-12(15)17-13/h3-4,10,19H,2,5-9H2,1H3,(H3,15,16,17). The van der Waals surface area contributed by atoms with E-state index < -0.39 is 10.5 Å². The van der Waals surface area contributed by atoms with Crippen molar-refractivity contribution in [2.45, 2.75) is 44.6 Å². The Morgan fingerprint density at radius 2 is 2.19 bits per heavy atom. The maximum atomic E-state index is 11.0. The zero-order valence-corrected chi connectivity index (χ0v) is 12.2. The van der Waals surface area contributed by atoms with Crippen LogP contribution >= 0.6 is 0 Å². The Hall–Kier alpha value is -1.89. The number of hydrogen-bond donors (Lipinski definition) is 3. The lowest BCUT2D eigenvalue weighted by molar-refractivity contribution is -0.384. The second-order valence-corrected chi connectivity index (χ2v) is 5.79. The normalized spacial score (nSPS) is 25.5. The summed E-state index contributed by atoms with van der Waals surface area (Å²) in [6, 6.07) is 2.72. The van der Waals surface area contributed by atoms with Gasteiger partial charge in [-0.15, -0.1) is 0 Å². The molecule has 1 aliphatic rings. The van der Waals surface area contributed by atoms with E-state index >= 15 is 0 Å². The van der Waals surface area contributed by atoms with Crippen molar-refractivity contribution in [3.05, 3.63) is 22.2 Å². The molecule has 7 nitrogen and oxygen atoms in total. The molecule has 0 amide bonds. The molecule has 0 aliphatic heterocycles. The van der Waals surface area contributed by atoms with E-state index in [0.29, 0.717) is 18.8 Å². The maximum absolute atomic E-state index is 11.0. The minimum Gasteiger partial charge on any atom is -0.388 e. The Bertz CT molecular complexity index is 513. The molecule has 1 fully saturated rings. The molecule has 0 bridgehead atoms. The molecule has 0 aromatic carbocycles. The van der Waals surface area contributed by atoms with Gasteiger partial charge in [0.2, 0.25) is 5.82 Å². The van der Waals surface area contributed by atoms with Crippen LogP contribution in [0.2, 0.25) is 0 Å². The number of aliphatic hydroxyl groups is 1. The first-order chi connectivity index (χ1) is 9.93. The molecule has 1 saturated carbocycles. The lowest BCUT2D eigenvalue weighted by Crippen LogP contribution is -2.40. The molecule has 0 saturated heterocycles. The summed E-state index contributed by atoms with van der Waals surface area (Å²) < 4.78 is 0. The highest BCUT2D eigenvalue weighted by atomic mass is 16.6. The SMILES string of the molecule is CCC1CCC(O)(CNc2nc(N)ccc2[N+](=O)[O-])CC1. The molecule has 4 N–H and O–H groups in total. The highest BCUT2D eigenvalue weighted by Gasteiger charge is 2.33. The minimum absolute atomic E-state index is 0.117. The molecular formula is C14H22N4O3. The minimum atomic E-state index is -0.828. The van der Waals surface area contributed by atoms with Crippen molar-refractivity contribution in [2.75, 3.05) is 17.6 Å². The summed E-state index contributed by atoms with van der Waals surface area (Å²) >= 11 is 0. The third kappa shape index (κ3) is 3.81. The van der Waals surface area contributed by atoms with Crippen molar-refractivity contribution in [3.8, 4) is 0 Å². The monoisotopic (exact) mass is 294 g/mol. The Kier molecular flexibility index (Phi) is 4.62. The number of aromatic nitrogens is 1. The summed E-state index contributed by atoms with van der Waals surface area (Å²) in [5.41, 5.74) is 4.61. The molecule has 1 aromatic rings. The van der Waals surface area contributed by atoms with Gasteiger partial charge in [0.15, 0.2) is 0 Å². The van der Waals surface area contributed by atoms with Gasteiger partial charge >= 0.3 is 5.69 Å². The van der Waals surface area contributed by atoms with E-state index in [1.54, 1.807) is 0 Å². The lowest BCUT2D eigenvalue weighted by Gasteiger charge is -2.35. The Morgan fingerprint density at radius 1 is 1.52 bits per heavy atom. The summed E-state index contributed by atoms with van der Waals surface area (Å²) in [6.07, 6.45) is 4.51. The molecule has 7 heteroatoms. The number of nitrogens with zero attached hydrogens (tertiary/aromatic N) is 2. The van der Waals surface area contributed by atoms with Gasteiger partial charge in [0.25, 0.3) is 0 Å². The van der Waals surface area contributed by atoms with E-state index in [2.05, 4.69) is 17.2 Å². The summed E-state index contributed by atoms with van der Waals surface area (Å²) in [4.78, 5) is 14.4. The van der Waals surface area contributed by atoms with Crippen molar-refractivity contribution in [1.82, 2.24) is 4.98 Å². The van der Waals surface area contributed by atoms with Gasteiger partial charge in [-0.05, 0) is 37.7 Å². The second-order valence-electron chi connectivity index (χ2n) is 5.79. The van der Waals surface area contributed by atoms with Crippen LogP contribution < -0.4 is 11.1 Å². The smallest absolute Gasteiger partial charge is 0.311 e. The van der Waals surface area contributed by atoms with Crippen LogP contribution in [0.5, 0.6) is 0 Å². The van der Waals surface area contributed by atoms with Crippen LogP contribution in [0.25, 0.3) is 0 Å². The van der Waals surface area contributed by atoms with Gasteiger partial charge < -0.3 is 16.2 Å². The molecule has 2 rings (SSSR count). The Balaban J connectivity index is 2.03. The van der Waals surface area contributed by atoms with Gasteiger partial charge in [-0.1, -0.05) is 13.3 Å². The fourth-order valence-corrected chi connectivity index (χ4v) is 2.79. The molecule has 21 heavy (non-hydrogen) atoms. The topological polar surface area (TPSA) is 114 Å². The third-order valence-electron chi connectivity index (χ3n) is 4.29. The number of hydrogen-bond acceptors (Lipinski definition) is 6. The zero-order chi connectivity index (χ0) is 15.5. The van der Waals surface area contributed by atoms with E-state index in [1.807, 2.05) is 0 Å². The van der Waals surface area contributed by atoms with E-state index in [-0.39, 0.29) is 23.9 Å². The molecular weight excluding hydrogens is 272 g/mol. The number of anilines is 2. The first-order valence-electron chi connectivity index (χ1n) is 7.30. The van der Waals surface area contributed by atoms with Crippen molar-refractivity contribution in [3.63, 3.8) is 0 Å². The largest absolute Gasteiger partial charge is 0.388 e. The van der Waals surface area contributed by atoms with Crippen LogP contribution in [0, 0.1) is 16.0 Å². The van der Waals surface area contributed by atoms with Gasteiger partial charge in [0.05, 0.1) is 10.5 Å². The van der Waals surface area contributed by atoms with Crippen molar-refractivity contribution >= 4 is 17.3 Å². The zero-order valence-electron chi connectivity index (χ0n) is 12.2. The highest BCUT2D eigenvalue weighted by Crippen LogP contribution is 2.34. The number of nitrogens with one attached hydrogen (secondary N) is 1. The molecule has 1 heterocycles. The number of nitrogens with two attached hydrogens (primary N) is 1. The number of pyridine rings is 1. The Labute approximate surface area is 123 Å². The fourth-order valence-electron chi connectivity index (χ4n) is 2.79. The number of nitro groups is 1. The van der Waals surface area contributed by atoms with Gasteiger partial charge in [-0.3, -0.25) is 10.1 Å².